The number of hydrogen-bond donors (Lipinski definition) is 0. The van der Waals surface area contributed by atoms with Crippen LogP contribution in [0.25, 0.3) is 10.9 Å². The van der Waals surface area contributed by atoms with Gasteiger partial charge in [-0.1, -0.05) is 29.8 Å². The van der Waals surface area contributed by atoms with Crippen molar-refractivity contribution < 1.29 is 0 Å². The van der Waals surface area contributed by atoms with Crippen molar-refractivity contribution in [2.75, 3.05) is 0 Å². The zero-order chi connectivity index (χ0) is 13.9. The van der Waals surface area contributed by atoms with Crippen molar-refractivity contribution in [3.63, 3.8) is 0 Å². The first-order valence-corrected chi connectivity index (χ1v) is 8.17. The molecule has 0 aliphatic rings. The monoisotopic (exact) mass is 364 g/mol. The minimum atomic E-state index is 0.559. The van der Waals surface area contributed by atoms with Gasteiger partial charge in [-0.05, 0) is 40.2 Å². The second kappa shape index (κ2) is 6.12. The topological polar surface area (TPSA) is 25.8 Å². The van der Waals surface area contributed by atoms with Gasteiger partial charge in [0.1, 0.15) is 10.2 Å². The third kappa shape index (κ3) is 2.97. The predicted octanol–water partition coefficient (Wildman–Crippen LogP) is 5.34. The van der Waals surface area contributed by atoms with Gasteiger partial charge in [0.25, 0.3) is 0 Å². The number of halogens is 2. The van der Waals surface area contributed by atoms with Crippen molar-refractivity contribution in [2.45, 2.75) is 10.8 Å². The summed E-state index contributed by atoms with van der Waals surface area (Å²) >= 11 is 11.4. The van der Waals surface area contributed by atoms with Crippen molar-refractivity contribution in [3.05, 3.63) is 63.9 Å². The van der Waals surface area contributed by atoms with Gasteiger partial charge < -0.3 is 0 Å². The van der Waals surface area contributed by atoms with Crippen LogP contribution in [-0.2, 0) is 5.75 Å². The zero-order valence-electron chi connectivity index (χ0n) is 10.4. The van der Waals surface area contributed by atoms with Gasteiger partial charge in [0.15, 0.2) is 0 Å². The van der Waals surface area contributed by atoms with E-state index in [-0.39, 0.29) is 0 Å². The van der Waals surface area contributed by atoms with Crippen LogP contribution in [-0.4, -0.2) is 9.97 Å². The molecule has 0 atom stereocenters. The van der Waals surface area contributed by atoms with Gasteiger partial charge in [-0.3, -0.25) is 0 Å². The highest BCUT2D eigenvalue weighted by molar-refractivity contribution is 9.10. The van der Waals surface area contributed by atoms with Crippen LogP contribution in [0, 0.1) is 0 Å². The van der Waals surface area contributed by atoms with Crippen molar-refractivity contribution >= 4 is 50.2 Å². The lowest BCUT2D eigenvalue weighted by Gasteiger charge is -2.06. The van der Waals surface area contributed by atoms with Crippen LogP contribution in [0.2, 0.25) is 5.15 Å². The Hall–Kier alpha value is -1.10. The molecule has 0 fully saturated rings. The summed E-state index contributed by atoms with van der Waals surface area (Å²) in [6.45, 7) is 0. The van der Waals surface area contributed by atoms with Gasteiger partial charge in [-0.25, -0.2) is 9.97 Å². The highest BCUT2D eigenvalue weighted by Crippen LogP contribution is 2.30. The molecule has 20 heavy (non-hydrogen) atoms. The Bertz CT molecular complexity index is 764. The Morgan fingerprint density at radius 3 is 2.85 bits per heavy atom. The number of thioether (sulfide) groups is 1. The summed E-state index contributed by atoms with van der Waals surface area (Å²) in [5.74, 6) is 0.742. The van der Waals surface area contributed by atoms with Crippen molar-refractivity contribution in [1.82, 2.24) is 9.97 Å². The molecule has 2 aromatic heterocycles. The fraction of sp³-hybridized carbons (Fsp3) is 0.0667. The minimum Gasteiger partial charge on any atom is -0.249 e. The molecule has 0 radical (unpaired) electrons. The number of para-hydroxylation sites is 1. The molecule has 3 rings (SSSR count). The summed E-state index contributed by atoms with van der Waals surface area (Å²) in [6, 6.07) is 14.0. The molecule has 0 saturated heterocycles. The number of pyridine rings is 2. The molecule has 2 heterocycles. The summed E-state index contributed by atoms with van der Waals surface area (Å²) in [7, 11) is 0. The Kier molecular flexibility index (Phi) is 4.24. The van der Waals surface area contributed by atoms with E-state index in [9.17, 15) is 0 Å². The number of rotatable bonds is 3. The van der Waals surface area contributed by atoms with Crippen molar-refractivity contribution in [3.8, 4) is 0 Å². The van der Waals surface area contributed by atoms with E-state index in [0.717, 1.165) is 31.7 Å². The van der Waals surface area contributed by atoms with E-state index in [1.807, 2.05) is 36.4 Å². The summed E-state index contributed by atoms with van der Waals surface area (Å²) in [6.07, 6.45) is 1.79. The number of aromatic nitrogens is 2. The molecular formula is C15H10BrClN2S. The fourth-order valence-electron chi connectivity index (χ4n) is 1.86. The van der Waals surface area contributed by atoms with Gasteiger partial charge >= 0.3 is 0 Å². The molecule has 0 amide bonds. The summed E-state index contributed by atoms with van der Waals surface area (Å²) in [5, 5.41) is 2.62. The van der Waals surface area contributed by atoms with E-state index in [1.54, 1.807) is 18.0 Å². The maximum absolute atomic E-state index is 6.25. The van der Waals surface area contributed by atoms with Crippen LogP contribution >= 0.6 is 39.3 Å². The quantitative estimate of drug-likeness (QED) is 0.463. The highest BCUT2D eigenvalue weighted by atomic mass is 79.9. The molecule has 2 nitrogen and oxygen atoms in total. The van der Waals surface area contributed by atoms with Crippen LogP contribution in [0.15, 0.2) is 58.2 Å². The first-order valence-electron chi connectivity index (χ1n) is 6.01. The standard InChI is InChI=1S/C15H10BrClN2S/c16-12-5-3-7-18-15(12)20-9-11-8-10-4-1-2-6-13(10)19-14(11)17/h1-8H,9H2. The van der Waals surface area contributed by atoms with Gasteiger partial charge in [0, 0.05) is 27.4 Å². The van der Waals surface area contributed by atoms with Crippen molar-refractivity contribution in [2.24, 2.45) is 0 Å². The molecule has 5 heteroatoms. The normalized spacial score (nSPS) is 10.9. The molecule has 0 aliphatic carbocycles. The van der Waals surface area contributed by atoms with Crippen LogP contribution in [0.5, 0.6) is 0 Å². The first-order chi connectivity index (χ1) is 9.74. The molecular weight excluding hydrogens is 356 g/mol. The molecule has 1 aromatic carbocycles. The van der Waals surface area contributed by atoms with E-state index in [0.29, 0.717) is 5.15 Å². The molecule has 100 valence electrons. The van der Waals surface area contributed by atoms with E-state index in [1.165, 1.54) is 0 Å². The molecule has 0 unspecified atom stereocenters. The van der Waals surface area contributed by atoms with Crippen LogP contribution in [0.3, 0.4) is 0 Å². The van der Waals surface area contributed by atoms with Crippen LogP contribution < -0.4 is 0 Å². The average molecular weight is 366 g/mol. The summed E-state index contributed by atoms with van der Waals surface area (Å²) in [5.41, 5.74) is 1.94. The van der Waals surface area contributed by atoms with Gasteiger partial charge in [0.2, 0.25) is 0 Å². The lowest BCUT2D eigenvalue weighted by molar-refractivity contribution is 1.11. The van der Waals surface area contributed by atoms with E-state index in [2.05, 4.69) is 32.0 Å². The third-order valence-corrected chi connectivity index (χ3v) is 5.12. The largest absolute Gasteiger partial charge is 0.249 e. The van der Waals surface area contributed by atoms with Gasteiger partial charge in [-0.15, -0.1) is 11.8 Å². The summed E-state index contributed by atoms with van der Waals surface area (Å²) in [4.78, 5) is 8.77. The SMILES string of the molecule is Clc1nc2ccccc2cc1CSc1ncccc1Br. The lowest BCUT2D eigenvalue weighted by atomic mass is 10.2. The number of fused-ring (bicyclic) bond motifs is 1. The maximum Gasteiger partial charge on any atom is 0.133 e. The van der Waals surface area contributed by atoms with E-state index >= 15 is 0 Å². The smallest absolute Gasteiger partial charge is 0.133 e. The molecule has 3 aromatic rings. The average Bonchev–Trinajstić information content (AvgIpc) is 2.46. The van der Waals surface area contributed by atoms with Gasteiger partial charge in [-0.2, -0.15) is 0 Å². The van der Waals surface area contributed by atoms with Crippen LogP contribution in [0.1, 0.15) is 5.56 Å². The predicted molar refractivity (Wildman–Crippen MR) is 88.3 cm³/mol. The Labute approximate surface area is 134 Å². The highest BCUT2D eigenvalue weighted by Gasteiger charge is 2.07. The molecule has 0 aliphatic heterocycles. The fourth-order valence-corrected chi connectivity index (χ4v) is 3.60. The lowest BCUT2D eigenvalue weighted by Crippen LogP contribution is -1.89. The van der Waals surface area contributed by atoms with E-state index in [4.69, 9.17) is 11.6 Å². The second-order valence-electron chi connectivity index (χ2n) is 4.21. The second-order valence-corrected chi connectivity index (χ2v) is 6.39. The number of hydrogen-bond acceptors (Lipinski definition) is 3. The van der Waals surface area contributed by atoms with E-state index < -0.39 is 0 Å². The minimum absolute atomic E-state index is 0.559. The van der Waals surface area contributed by atoms with Gasteiger partial charge in [0.05, 0.1) is 5.52 Å². The molecule has 0 N–H and O–H groups in total. The third-order valence-electron chi connectivity index (χ3n) is 2.84. The number of nitrogens with zero attached hydrogens (tertiary/aromatic N) is 2. The Balaban J connectivity index is 1.87. The molecule has 0 saturated carbocycles. The maximum atomic E-state index is 6.25. The molecule has 0 spiro atoms. The van der Waals surface area contributed by atoms with Crippen molar-refractivity contribution in [1.29, 1.82) is 0 Å². The first kappa shape index (κ1) is 13.9. The molecule has 0 bridgehead atoms. The van der Waals surface area contributed by atoms with Crippen LogP contribution in [0.4, 0.5) is 0 Å². The zero-order valence-corrected chi connectivity index (χ0v) is 13.5. The summed E-state index contributed by atoms with van der Waals surface area (Å²) < 4.78 is 0.995. The Morgan fingerprint density at radius 1 is 1.15 bits per heavy atom. The Morgan fingerprint density at radius 2 is 2.00 bits per heavy atom. The number of benzene rings is 1.